The van der Waals surface area contributed by atoms with Crippen molar-refractivity contribution in [2.45, 2.75) is 39.5 Å². The number of halogens is 3. The molecule has 0 aliphatic heterocycles. The monoisotopic (exact) mass is 497 g/mol. The van der Waals surface area contributed by atoms with Crippen molar-refractivity contribution in [1.29, 1.82) is 0 Å². The Bertz CT molecular complexity index is 1330. The largest absolute Gasteiger partial charge is 0.494 e. The molecule has 7 nitrogen and oxygen atoms in total. The Labute approximate surface area is 206 Å². The van der Waals surface area contributed by atoms with Gasteiger partial charge in [-0.1, -0.05) is 36.4 Å². The standard InChI is InChI=1S/C26H26F3N5O2/c1-3-36-21-6-4-5-20(11-21)16-34-15-17(2)23(33-34)12-18-7-9-19(10-8-18)13-30-25(35)24-22(14-31-32-24)26(27,28)29/h4-11,14-15H,3,12-13,16H2,1-2H3,(H,30,35)(H,31,32). The highest BCUT2D eigenvalue weighted by Crippen LogP contribution is 2.30. The zero-order chi connectivity index (χ0) is 25.7. The molecule has 2 N–H and O–H groups in total. The van der Waals surface area contributed by atoms with Gasteiger partial charge in [0.25, 0.3) is 5.91 Å². The molecule has 36 heavy (non-hydrogen) atoms. The second-order valence-electron chi connectivity index (χ2n) is 8.37. The van der Waals surface area contributed by atoms with Gasteiger partial charge in [0.05, 0.1) is 25.0 Å². The molecule has 4 aromatic rings. The van der Waals surface area contributed by atoms with Gasteiger partial charge in [0.15, 0.2) is 0 Å². The number of hydrogen-bond acceptors (Lipinski definition) is 4. The fourth-order valence-corrected chi connectivity index (χ4v) is 3.82. The van der Waals surface area contributed by atoms with Crippen molar-refractivity contribution >= 4 is 5.91 Å². The maximum atomic E-state index is 13.0. The first kappa shape index (κ1) is 25.0. The molecule has 0 unspecified atom stereocenters. The minimum absolute atomic E-state index is 0.0872. The van der Waals surface area contributed by atoms with Crippen molar-refractivity contribution in [1.82, 2.24) is 25.3 Å². The van der Waals surface area contributed by atoms with E-state index in [1.165, 1.54) is 0 Å². The van der Waals surface area contributed by atoms with Crippen LogP contribution in [-0.4, -0.2) is 32.5 Å². The number of aromatic nitrogens is 4. The Morgan fingerprint density at radius 2 is 1.86 bits per heavy atom. The number of H-pyrrole nitrogens is 1. The Morgan fingerprint density at radius 1 is 1.11 bits per heavy atom. The summed E-state index contributed by atoms with van der Waals surface area (Å²) in [5.41, 5.74) is 3.23. The van der Waals surface area contributed by atoms with Crippen molar-refractivity contribution in [2.24, 2.45) is 0 Å². The third-order valence-corrected chi connectivity index (χ3v) is 5.62. The van der Waals surface area contributed by atoms with Crippen LogP contribution >= 0.6 is 0 Å². The van der Waals surface area contributed by atoms with Crippen LogP contribution in [0.1, 0.15) is 50.9 Å². The number of aromatic amines is 1. The number of benzene rings is 2. The number of nitrogens with one attached hydrogen (secondary N) is 2. The first-order valence-corrected chi connectivity index (χ1v) is 11.4. The summed E-state index contributed by atoms with van der Waals surface area (Å²) in [4.78, 5) is 12.2. The quantitative estimate of drug-likeness (QED) is 0.345. The van der Waals surface area contributed by atoms with Crippen LogP contribution in [0.25, 0.3) is 0 Å². The second-order valence-corrected chi connectivity index (χ2v) is 8.37. The SMILES string of the molecule is CCOc1cccc(Cn2cc(C)c(Cc3ccc(CNC(=O)c4[nH]ncc4C(F)(F)F)cc3)n2)c1. The Morgan fingerprint density at radius 3 is 2.58 bits per heavy atom. The summed E-state index contributed by atoms with van der Waals surface area (Å²) in [5, 5.41) is 12.7. The van der Waals surface area contributed by atoms with E-state index >= 15 is 0 Å². The van der Waals surface area contributed by atoms with Gasteiger partial charge in [-0.25, -0.2) is 0 Å². The molecule has 1 amide bonds. The fourth-order valence-electron chi connectivity index (χ4n) is 3.82. The van der Waals surface area contributed by atoms with E-state index in [9.17, 15) is 18.0 Å². The van der Waals surface area contributed by atoms with E-state index in [0.29, 0.717) is 25.8 Å². The van der Waals surface area contributed by atoms with Crippen molar-refractivity contribution in [2.75, 3.05) is 6.61 Å². The number of aryl methyl sites for hydroxylation is 1. The molecular weight excluding hydrogens is 471 g/mol. The number of alkyl halides is 3. The van der Waals surface area contributed by atoms with E-state index in [-0.39, 0.29) is 6.54 Å². The van der Waals surface area contributed by atoms with Crippen LogP contribution in [0.3, 0.4) is 0 Å². The van der Waals surface area contributed by atoms with Gasteiger partial charge in [0.2, 0.25) is 0 Å². The molecule has 0 bridgehead atoms. The van der Waals surface area contributed by atoms with Gasteiger partial charge in [0.1, 0.15) is 17.0 Å². The molecule has 2 aromatic heterocycles. The molecule has 0 radical (unpaired) electrons. The van der Waals surface area contributed by atoms with Gasteiger partial charge < -0.3 is 10.1 Å². The molecule has 0 aliphatic carbocycles. The van der Waals surface area contributed by atoms with Gasteiger partial charge in [-0.15, -0.1) is 0 Å². The lowest BCUT2D eigenvalue weighted by atomic mass is 10.1. The molecular formula is C26H26F3N5O2. The van der Waals surface area contributed by atoms with Crippen molar-refractivity contribution in [3.05, 3.63) is 100 Å². The normalized spacial score (nSPS) is 11.5. The fraction of sp³-hybridized carbons (Fsp3) is 0.269. The lowest BCUT2D eigenvalue weighted by Gasteiger charge is -2.08. The van der Waals surface area contributed by atoms with Gasteiger partial charge in [-0.2, -0.15) is 23.4 Å². The predicted octanol–water partition coefficient (Wildman–Crippen LogP) is 4.90. The number of nitrogens with zero attached hydrogens (tertiary/aromatic N) is 3. The van der Waals surface area contributed by atoms with E-state index in [4.69, 9.17) is 9.84 Å². The second kappa shape index (κ2) is 10.7. The molecule has 0 atom stereocenters. The lowest BCUT2D eigenvalue weighted by molar-refractivity contribution is -0.137. The van der Waals surface area contributed by atoms with Crippen molar-refractivity contribution in [3.8, 4) is 5.75 Å². The molecule has 0 saturated heterocycles. The number of amides is 1. The topological polar surface area (TPSA) is 84.8 Å². The van der Waals surface area contributed by atoms with Crippen LogP contribution < -0.4 is 10.1 Å². The molecule has 0 spiro atoms. The molecule has 0 saturated carbocycles. The molecule has 2 aromatic carbocycles. The van der Waals surface area contributed by atoms with E-state index in [1.807, 2.05) is 73.3 Å². The van der Waals surface area contributed by atoms with E-state index in [2.05, 4.69) is 15.5 Å². The van der Waals surface area contributed by atoms with Gasteiger partial charge in [-0.3, -0.25) is 14.6 Å². The summed E-state index contributed by atoms with van der Waals surface area (Å²) >= 11 is 0. The van der Waals surface area contributed by atoms with Crippen molar-refractivity contribution < 1.29 is 22.7 Å². The van der Waals surface area contributed by atoms with Crippen LogP contribution in [-0.2, 0) is 25.7 Å². The maximum Gasteiger partial charge on any atom is 0.420 e. The molecule has 10 heteroatoms. The average molecular weight is 498 g/mol. The Balaban J connectivity index is 1.35. The highest BCUT2D eigenvalue weighted by atomic mass is 19.4. The number of ether oxygens (including phenoxy) is 1. The minimum atomic E-state index is -4.65. The summed E-state index contributed by atoms with van der Waals surface area (Å²) in [6, 6.07) is 15.4. The number of carbonyl (C=O) groups excluding carboxylic acids is 1. The molecule has 4 rings (SSSR count). The predicted molar refractivity (Wildman–Crippen MR) is 128 cm³/mol. The van der Waals surface area contributed by atoms with Crippen LogP contribution in [0.15, 0.2) is 60.9 Å². The van der Waals surface area contributed by atoms with Gasteiger partial charge in [0, 0.05) is 19.2 Å². The molecule has 188 valence electrons. The van der Waals surface area contributed by atoms with Crippen molar-refractivity contribution in [3.63, 3.8) is 0 Å². The summed E-state index contributed by atoms with van der Waals surface area (Å²) < 4.78 is 46.4. The first-order chi connectivity index (χ1) is 17.2. The summed E-state index contributed by atoms with van der Waals surface area (Å²) in [7, 11) is 0. The Hall–Kier alpha value is -4.08. The zero-order valence-corrected chi connectivity index (χ0v) is 19.9. The van der Waals surface area contributed by atoms with E-state index < -0.39 is 23.3 Å². The Kier molecular flexibility index (Phi) is 7.42. The van der Waals surface area contributed by atoms with E-state index in [1.54, 1.807) is 0 Å². The molecule has 2 heterocycles. The highest BCUT2D eigenvalue weighted by molar-refractivity contribution is 5.93. The molecule has 0 fully saturated rings. The minimum Gasteiger partial charge on any atom is -0.494 e. The first-order valence-electron chi connectivity index (χ1n) is 11.4. The van der Waals surface area contributed by atoms with Gasteiger partial charge >= 0.3 is 6.18 Å². The number of hydrogen-bond donors (Lipinski definition) is 2. The van der Waals surface area contributed by atoms with Crippen LogP contribution in [0.5, 0.6) is 5.75 Å². The highest BCUT2D eigenvalue weighted by Gasteiger charge is 2.37. The summed E-state index contributed by atoms with van der Waals surface area (Å²) in [6.07, 6.45) is -1.41. The number of carbonyl (C=O) groups is 1. The lowest BCUT2D eigenvalue weighted by Crippen LogP contribution is -2.25. The summed E-state index contributed by atoms with van der Waals surface area (Å²) in [6.45, 7) is 5.30. The van der Waals surface area contributed by atoms with Gasteiger partial charge in [-0.05, 0) is 48.2 Å². The maximum absolute atomic E-state index is 13.0. The number of rotatable bonds is 9. The average Bonchev–Trinajstić information content (AvgIpc) is 3.46. The van der Waals surface area contributed by atoms with Crippen LogP contribution in [0.4, 0.5) is 13.2 Å². The summed E-state index contributed by atoms with van der Waals surface area (Å²) in [5.74, 6) is -0.0300. The molecule has 0 aliphatic rings. The zero-order valence-electron chi connectivity index (χ0n) is 19.9. The smallest absolute Gasteiger partial charge is 0.420 e. The van der Waals surface area contributed by atoms with Crippen LogP contribution in [0, 0.1) is 6.92 Å². The van der Waals surface area contributed by atoms with E-state index in [0.717, 1.165) is 33.7 Å². The third kappa shape index (κ3) is 6.12. The third-order valence-electron chi connectivity index (χ3n) is 5.62. The van der Waals surface area contributed by atoms with Crippen LogP contribution in [0.2, 0.25) is 0 Å².